The van der Waals surface area contributed by atoms with Crippen LogP contribution in [0.1, 0.15) is 26.3 Å². The first-order valence-electron chi connectivity index (χ1n) is 8.98. The Morgan fingerprint density at radius 3 is 2.03 bits per heavy atom. The van der Waals surface area contributed by atoms with Gasteiger partial charge < -0.3 is 4.84 Å². The molecule has 1 aliphatic heterocycles. The summed E-state index contributed by atoms with van der Waals surface area (Å²) in [5, 5.41) is 0.337. The lowest BCUT2D eigenvalue weighted by molar-refractivity contribution is -0.169. The van der Waals surface area contributed by atoms with E-state index in [0.717, 1.165) is 11.6 Å². The summed E-state index contributed by atoms with van der Waals surface area (Å²) in [5.41, 5.74) is -0.373. The van der Waals surface area contributed by atoms with E-state index in [1.54, 1.807) is 12.1 Å². The van der Waals surface area contributed by atoms with Gasteiger partial charge in [-0.1, -0.05) is 47.5 Å². The Hall–Kier alpha value is -4.27. The molecule has 0 atom stereocenters. The fourth-order valence-electron chi connectivity index (χ4n) is 3.11. The maximum Gasteiger partial charge on any atom is 0.353 e. The van der Waals surface area contributed by atoms with Gasteiger partial charge in [0, 0.05) is 12.3 Å². The van der Waals surface area contributed by atoms with E-state index in [1.165, 1.54) is 22.9 Å². The van der Waals surface area contributed by atoms with Crippen LogP contribution in [-0.2, 0) is 22.7 Å². The number of amides is 2. The summed E-state index contributed by atoms with van der Waals surface area (Å²) in [7, 11) is 0. The molecule has 0 unspecified atom stereocenters. The molecule has 2 amide bonds. The highest BCUT2D eigenvalue weighted by molar-refractivity contribution is 6.20. The predicted molar refractivity (Wildman–Crippen MR) is 104 cm³/mol. The number of fused-ring (bicyclic) bond motifs is 1. The number of carbonyl (C=O) groups is 3. The molecular weight excluding hydrogens is 390 g/mol. The number of rotatable bonds is 5. The minimum atomic E-state index is -1.10. The van der Waals surface area contributed by atoms with Crippen molar-refractivity contribution in [1.29, 1.82) is 0 Å². The van der Waals surface area contributed by atoms with E-state index in [9.17, 15) is 24.0 Å². The average Bonchev–Trinajstić information content (AvgIpc) is 2.99. The Balaban J connectivity index is 1.53. The third kappa shape index (κ3) is 3.44. The molecule has 0 aliphatic carbocycles. The maximum absolute atomic E-state index is 12.6. The fourth-order valence-corrected chi connectivity index (χ4v) is 3.11. The molecule has 0 saturated heterocycles. The molecule has 0 fully saturated rings. The molecule has 1 aromatic heterocycles. The van der Waals surface area contributed by atoms with Gasteiger partial charge in [-0.25, -0.2) is 14.2 Å². The SMILES string of the molecule is O=C(Cn1c(=O)ccn(Cc2ccccc2)c1=O)ON1C(=O)c2ccccc2C1=O. The first-order valence-corrected chi connectivity index (χ1v) is 8.98. The molecule has 0 bridgehead atoms. The van der Waals surface area contributed by atoms with Crippen molar-refractivity contribution in [3.05, 3.63) is 104 Å². The summed E-state index contributed by atoms with van der Waals surface area (Å²) in [5.74, 6) is -2.67. The van der Waals surface area contributed by atoms with Crippen molar-refractivity contribution in [3.63, 3.8) is 0 Å². The molecular formula is C21H15N3O6. The standard InChI is InChI=1S/C21H15N3O6/c25-17-10-11-22(12-14-6-2-1-3-7-14)21(29)23(17)13-18(26)30-24-19(27)15-8-4-5-9-16(15)20(24)28/h1-11H,12-13H2. The largest absolute Gasteiger partial charge is 0.353 e. The number of aromatic nitrogens is 2. The van der Waals surface area contributed by atoms with Crippen LogP contribution < -0.4 is 11.2 Å². The summed E-state index contributed by atoms with van der Waals surface area (Å²) >= 11 is 0. The lowest BCUT2D eigenvalue weighted by Crippen LogP contribution is -2.42. The lowest BCUT2D eigenvalue weighted by atomic mass is 10.1. The van der Waals surface area contributed by atoms with Crippen LogP contribution in [0.3, 0.4) is 0 Å². The van der Waals surface area contributed by atoms with E-state index in [2.05, 4.69) is 0 Å². The van der Waals surface area contributed by atoms with Gasteiger partial charge in [0.15, 0.2) is 0 Å². The Kier molecular flexibility index (Phi) is 4.85. The van der Waals surface area contributed by atoms with Crippen molar-refractivity contribution in [3.8, 4) is 0 Å². The van der Waals surface area contributed by atoms with Gasteiger partial charge >= 0.3 is 11.7 Å². The first-order chi connectivity index (χ1) is 14.5. The van der Waals surface area contributed by atoms with E-state index in [4.69, 9.17) is 4.84 Å². The van der Waals surface area contributed by atoms with Crippen LogP contribution in [-0.4, -0.2) is 32.0 Å². The summed E-state index contributed by atoms with van der Waals surface area (Å²) in [6.45, 7) is -0.548. The summed E-state index contributed by atoms with van der Waals surface area (Å²) in [6.07, 6.45) is 1.34. The smallest absolute Gasteiger partial charge is 0.328 e. The Bertz CT molecular complexity index is 1240. The van der Waals surface area contributed by atoms with Gasteiger partial charge in [0.25, 0.3) is 17.4 Å². The van der Waals surface area contributed by atoms with Crippen molar-refractivity contribution in [2.75, 3.05) is 0 Å². The van der Waals surface area contributed by atoms with Crippen LogP contribution in [0.4, 0.5) is 0 Å². The number of hydrogen-bond acceptors (Lipinski definition) is 6. The second kappa shape index (κ2) is 7.63. The van der Waals surface area contributed by atoms with Gasteiger partial charge in [0.05, 0.1) is 17.7 Å². The highest BCUT2D eigenvalue weighted by Crippen LogP contribution is 2.22. The molecule has 9 heteroatoms. The van der Waals surface area contributed by atoms with E-state index >= 15 is 0 Å². The van der Waals surface area contributed by atoms with Crippen LogP contribution in [0, 0.1) is 0 Å². The molecule has 0 spiro atoms. The van der Waals surface area contributed by atoms with E-state index < -0.39 is 35.6 Å². The van der Waals surface area contributed by atoms with Crippen LogP contribution in [0.5, 0.6) is 0 Å². The van der Waals surface area contributed by atoms with Crippen LogP contribution in [0.2, 0.25) is 0 Å². The van der Waals surface area contributed by atoms with Crippen molar-refractivity contribution in [2.24, 2.45) is 0 Å². The minimum Gasteiger partial charge on any atom is -0.328 e. The molecule has 2 heterocycles. The Morgan fingerprint density at radius 1 is 0.800 bits per heavy atom. The summed E-state index contributed by atoms with van der Waals surface area (Å²) < 4.78 is 1.95. The lowest BCUT2D eigenvalue weighted by Gasteiger charge is -2.14. The topological polar surface area (TPSA) is 108 Å². The Morgan fingerprint density at radius 2 is 1.40 bits per heavy atom. The first kappa shape index (κ1) is 19.1. The van der Waals surface area contributed by atoms with Gasteiger partial charge in [0.1, 0.15) is 6.54 Å². The monoisotopic (exact) mass is 405 g/mol. The van der Waals surface area contributed by atoms with Crippen LogP contribution in [0.15, 0.2) is 76.4 Å². The molecule has 2 aromatic carbocycles. The molecule has 150 valence electrons. The van der Waals surface area contributed by atoms with Crippen LogP contribution in [0.25, 0.3) is 0 Å². The molecule has 3 aromatic rings. The normalized spacial score (nSPS) is 12.7. The second-order valence-electron chi connectivity index (χ2n) is 6.55. The second-order valence-corrected chi connectivity index (χ2v) is 6.55. The zero-order chi connectivity index (χ0) is 21.3. The maximum atomic E-state index is 12.6. The number of hydrogen-bond donors (Lipinski definition) is 0. The highest BCUT2D eigenvalue weighted by atomic mass is 16.7. The van der Waals surface area contributed by atoms with Crippen LogP contribution >= 0.6 is 0 Å². The zero-order valence-electron chi connectivity index (χ0n) is 15.6. The highest BCUT2D eigenvalue weighted by Gasteiger charge is 2.38. The third-order valence-corrected chi connectivity index (χ3v) is 4.57. The van der Waals surface area contributed by atoms with Gasteiger partial charge in [-0.15, -0.1) is 0 Å². The van der Waals surface area contributed by atoms with Crippen molar-refractivity contribution < 1.29 is 19.2 Å². The van der Waals surface area contributed by atoms with Crippen molar-refractivity contribution in [1.82, 2.24) is 14.2 Å². The fraction of sp³-hybridized carbons (Fsp3) is 0.0952. The zero-order valence-corrected chi connectivity index (χ0v) is 15.6. The van der Waals surface area contributed by atoms with E-state index in [-0.39, 0.29) is 17.7 Å². The van der Waals surface area contributed by atoms with Crippen molar-refractivity contribution >= 4 is 17.8 Å². The predicted octanol–water partition coefficient (Wildman–Crippen LogP) is 0.813. The quantitative estimate of drug-likeness (QED) is 0.582. The third-order valence-electron chi connectivity index (χ3n) is 4.57. The van der Waals surface area contributed by atoms with Gasteiger partial charge in [-0.2, -0.15) is 0 Å². The molecule has 30 heavy (non-hydrogen) atoms. The number of hydroxylamine groups is 2. The molecule has 0 N–H and O–H groups in total. The summed E-state index contributed by atoms with van der Waals surface area (Å²) in [6, 6.07) is 16.3. The van der Waals surface area contributed by atoms with Gasteiger partial charge in [0.2, 0.25) is 0 Å². The molecule has 0 radical (unpaired) electrons. The number of imide groups is 1. The van der Waals surface area contributed by atoms with E-state index in [0.29, 0.717) is 9.63 Å². The van der Waals surface area contributed by atoms with Crippen molar-refractivity contribution in [2.45, 2.75) is 13.1 Å². The minimum absolute atomic E-state index is 0.109. The molecule has 9 nitrogen and oxygen atoms in total. The number of nitrogens with zero attached hydrogens (tertiary/aromatic N) is 3. The van der Waals surface area contributed by atoms with Gasteiger partial charge in [-0.05, 0) is 17.7 Å². The van der Waals surface area contributed by atoms with E-state index in [1.807, 2.05) is 30.3 Å². The Labute approximate surface area is 169 Å². The summed E-state index contributed by atoms with van der Waals surface area (Å²) in [4.78, 5) is 66.5. The average molecular weight is 405 g/mol. The molecule has 0 saturated carbocycles. The molecule has 4 rings (SSSR count). The van der Waals surface area contributed by atoms with Gasteiger partial charge in [-0.3, -0.25) is 19.0 Å². The molecule has 1 aliphatic rings. The number of benzene rings is 2. The number of carbonyl (C=O) groups excluding carboxylic acids is 3.